The molecular weight excluding hydrogens is 159 g/mol. The molecule has 0 radical (unpaired) electrons. The lowest BCUT2D eigenvalue weighted by atomic mass is 10.2. The maximum atomic E-state index is 13.0. The average Bonchev–Trinajstić information content (AvgIpc) is 2.09. The Kier molecular flexibility index (Phi) is 2.59. The fourth-order valence-electron chi connectivity index (χ4n) is 0.768. The normalized spacial score (nSPS) is 9.08. The minimum Gasteiger partial charge on any atom is -0.481 e. The van der Waals surface area contributed by atoms with E-state index in [0.717, 1.165) is 6.07 Å². The lowest BCUT2D eigenvalue weighted by molar-refractivity contribution is 0.393. The highest BCUT2D eigenvalue weighted by molar-refractivity contribution is 5.22. The molecule has 3 nitrogen and oxygen atoms in total. The van der Waals surface area contributed by atoms with E-state index in [9.17, 15) is 4.39 Å². The van der Waals surface area contributed by atoms with E-state index < -0.39 is 5.82 Å². The van der Waals surface area contributed by atoms with Gasteiger partial charge in [0.15, 0.2) is 0 Å². The molecule has 4 heteroatoms. The quantitative estimate of drug-likeness (QED) is 0.665. The minimum absolute atomic E-state index is 0.0306. The van der Waals surface area contributed by atoms with Crippen molar-refractivity contribution in [1.82, 2.24) is 4.98 Å². The molecule has 1 heterocycles. The van der Waals surface area contributed by atoms with Gasteiger partial charge in [-0.3, -0.25) is 0 Å². The molecule has 1 aromatic heterocycles. The molecule has 1 rings (SSSR count). The van der Waals surface area contributed by atoms with Gasteiger partial charge in [0.1, 0.15) is 5.82 Å². The predicted molar refractivity (Wildman–Crippen MR) is 40.1 cm³/mol. The number of nitriles is 1. The van der Waals surface area contributed by atoms with Crippen LogP contribution in [0, 0.1) is 17.1 Å². The Hall–Kier alpha value is -1.63. The molecule has 0 saturated heterocycles. The van der Waals surface area contributed by atoms with Crippen LogP contribution in [0.4, 0.5) is 4.39 Å². The number of rotatable bonds is 2. The third kappa shape index (κ3) is 1.70. The van der Waals surface area contributed by atoms with Crippen molar-refractivity contribution in [2.75, 3.05) is 7.11 Å². The third-order valence-electron chi connectivity index (χ3n) is 1.38. The Bertz CT molecular complexity index is 319. The second-order valence-corrected chi connectivity index (χ2v) is 2.15. The van der Waals surface area contributed by atoms with E-state index >= 15 is 0 Å². The van der Waals surface area contributed by atoms with Crippen LogP contribution >= 0.6 is 0 Å². The maximum Gasteiger partial charge on any atom is 0.215 e. The number of pyridine rings is 1. The molecule has 1 aromatic rings. The highest BCUT2D eigenvalue weighted by atomic mass is 19.1. The molecule has 0 saturated carbocycles. The SMILES string of the molecule is COc1cc(F)c(CC#N)cn1. The molecule has 0 N–H and O–H groups in total. The van der Waals surface area contributed by atoms with Gasteiger partial charge in [-0.2, -0.15) is 5.26 Å². The molecule has 0 aliphatic carbocycles. The summed E-state index contributed by atoms with van der Waals surface area (Å²) >= 11 is 0. The van der Waals surface area contributed by atoms with Gasteiger partial charge in [-0.25, -0.2) is 9.37 Å². The standard InChI is InChI=1S/C8H7FN2O/c1-12-8-4-7(9)6(2-3-10)5-11-8/h4-5H,2H2,1H3. The fourth-order valence-corrected chi connectivity index (χ4v) is 0.768. The van der Waals surface area contributed by atoms with Crippen molar-refractivity contribution in [2.24, 2.45) is 0 Å². The molecule has 0 amide bonds. The summed E-state index contributed by atoms with van der Waals surface area (Å²) in [6, 6.07) is 3.00. The van der Waals surface area contributed by atoms with Gasteiger partial charge >= 0.3 is 0 Å². The first-order chi connectivity index (χ1) is 5.77. The fraction of sp³-hybridized carbons (Fsp3) is 0.250. The Morgan fingerprint density at radius 3 is 3.00 bits per heavy atom. The van der Waals surface area contributed by atoms with Gasteiger partial charge in [0.05, 0.1) is 19.6 Å². The number of methoxy groups -OCH3 is 1. The van der Waals surface area contributed by atoms with E-state index in [1.165, 1.54) is 13.3 Å². The first-order valence-electron chi connectivity index (χ1n) is 3.33. The maximum absolute atomic E-state index is 13.0. The van der Waals surface area contributed by atoms with Crippen molar-refractivity contribution in [3.8, 4) is 11.9 Å². The second kappa shape index (κ2) is 3.67. The molecule has 0 aliphatic rings. The average molecular weight is 166 g/mol. The second-order valence-electron chi connectivity index (χ2n) is 2.15. The van der Waals surface area contributed by atoms with E-state index in [1.807, 2.05) is 6.07 Å². The van der Waals surface area contributed by atoms with Gasteiger partial charge in [-0.1, -0.05) is 0 Å². The first-order valence-corrected chi connectivity index (χ1v) is 3.33. The highest BCUT2D eigenvalue weighted by Gasteiger charge is 2.03. The minimum atomic E-state index is -0.455. The molecular formula is C8H7FN2O. The number of ether oxygens (including phenoxy) is 1. The predicted octanol–water partition coefficient (Wildman–Crippen LogP) is 1.30. The van der Waals surface area contributed by atoms with Gasteiger partial charge < -0.3 is 4.74 Å². The van der Waals surface area contributed by atoms with Crippen LogP contribution in [-0.4, -0.2) is 12.1 Å². The molecule has 0 aliphatic heterocycles. The first kappa shape index (κ1) is 8.47. The van der Waals surface area contributed by atoms with Gasteiger partial charge in [0, 0.05) is 17.8 Å². The van der Waals surface area contributed by atoms with Crippen LogP contribution in [0.3, 0.4) is 0 Å². The molecule has 0 fully saturated rings. The molecule has 0 atom stereocenters. The largest absolute Gasteiger partial charge is 0.481 e. The monoisotopic (exact) mass is 166 g/mol. The summed E-state index contributed by atoms with van der Waals surface area (Å²) < 4.78 is 17.6. The van der Waals surface area contributed by atoms with Gasteiger partial charge in [0.2, 0.25) is 5.88 Å². The van der Waals surface area contributed by atoms with Crippen LogP contribution in [0.2, 0.25) is 0 Å². The number of halogens is 1. The zero-order valence-electron chi connectivity index (χ0n) is 6.54. The van der Waals surface area contributed by atoms with Crippen LogP contribution in [0.1, 0.15) is 5.56 Å². The van der Waals surface area contributed by atoms with Crippen LogP contribution in [0.5, 0.6) is 5.88 Å². The zero-order chi connectivity index (χ0) is 8.97. The number of aromatic nitrogens is 1. The van der Waals surface area contributed by atoms with Crippen molar-refractivity contribution < 1.29 is 9.13 Å². The molecule has 12 heavy (non-hydrogen) atoms. The van der Waals surface area contributed by atoms with Crippen LogP contribution in [0.25, 0.3) is 0 Å². The van der Waals surface area contributed by atoms with Crippen molar-refractivity contribution >= 4 is 0 Å². The Morgan fingerprint density at radius 1 is 1.75 bits per heavy atom. The van der Waals surface area contributed by atoms with Crippen LogP contribution in [-0.2, 0) is 6.42 Å². The Balaban J connectivity index is 2.97. The van der Waals surface area contributed by atoms with Gasteiger partial charge in [0.25, 0.3) is 0 Å². The number of hydrogen-bond acceptors (Lipinski definition) is 3. The van der Waals surface area contributed by atoms with Crippen molar-refractivity contribution in [3.05, 3.63) is 23.6 Å². The van der Waals surface area contributed by atoms with Crippen molar-refractivity contribution in [1.29, 1.82) is 5.26 Å². The van der Waals surface area contributed by atoms with Crippen LogP contribution < -0.4 is 4.74 Å². The molecule has 0 aromatic carbocycles. The smallest absolute Gasteiger partial charge is 0.215 e. The van der Waals surface area contributed by atoms with E-state index in [0.29, 0.717) is 5.56 Å². The molecule has 0 spiro atoms. The van der Waals surface area contributed by atoms with Gasteiger partial charge in [-0.05, 0) is 0 Å². The number of hydrogen-bond donors (Lipinski definition) is 0. The Labute approximate surface area is 69.4 Å². The summed E-state index contributed by atoms with van der Waals surface area (Å²) in [4.78, 5) is 3.76. The molecule has 0 bridgehead atoms. The van der Waals surface area contributed by atoms with Crippen LogP contribution in [0.15, 0.2) is 12.3 Å². The summed E-state index contributed by atoms with van der Waals surface area (Å²) in [6.45, 7) is 0. The Morgan fingerprint density at radius 2 is 2.50 bits per heavy atom. The lowest BCUT2D eigenvalue weighted by Gasteiger charge is -2.00. The molecule has 62 valence electrons. The van der Waals surface area contributed by atoms with Gasteiger partial charge in [-0.15, -0.1) is 0 Å². The zero-order valence-corrected chi connectivity index (χ0v) is 6.54. The van der Waals surface area contributed by atoms with Crippen molar-refractivity contribution in [2.45, 2.75) is 6.42 Å². The molecule has 0 unspecified atom stereocenters. The topological polar surface area (TPSA) is 45.9 Å². The van der Waals surface area contributed by atoms with Crippen molar-refractivity contribution in [3.63, 3.8) is 0 Å². The summed E-state index contributed by atoms with van der Waals surface area (Å²) in [5.41, 5.74) is 0.290. The summed E-state index contributed by atoms with van der Waals surface area (Å²) in [5.74, 6) is -0.238. The summed E-state index contributed by atoms with van der Waals surface area (Å²) in [5, 5.41) is 8.29. The van der Waals surface area contributed by atoms with E-state index in [-0.39, 0.29) is 12.3 Å². The lowest BCUT2D eigenvalue weighted by Crippen LogP contribution is -1.93. The third-order valence-corrected chi connectivity index (χ3v) is 1.38. The summed E-state index contributed by atoms with van der Waals surface area (Å²) in [7, 11) is 1.41. The van der Waals surface area contributed by atoms with E-state index in [4.69, 9.17) is 10.00 Å². The summed E-state index contributed by atoms with van der Waals surface area (Å²) in [6.07, 6.45) is 1.33. The number of nitrogens with zero attached hydrogens (tertiary/aromatic N) is 2. The van der Waals surface area contributed by atoms with E-state index in [2.05, 4.69) is 4.98 Å². The highest BCUT2D eigenvalue weighted by Crippen LogP contribution is 2.12. The van der Waals surface area contributed by atoms with E-state index in [1.54, 1.807) is 0 Å².